The van der Waals surface area contributed by atoms with Crippen molar-refractivity contribution in [2.75, 3.05) is 0 Å². The molecule has 1 aliphatic heterocycles. The van der Waals surface area contributed by atoms with E-state index in [2.05, 4.69) is 38.2 Å². The van der Waals surface area contributed by atoms with E-state index in [-0.39, 0.29) is 0 Å². The van der Waals surface area contributed by atoms with Crippen LogP contribution in [0.3, 0.4) is 0 Å². The van der Waals surface area contributed by atoms with Crippen LogP contribution in [0.25, 0.3) is 0 Å². The molecule has 1 nitrogen and oxygen atoms in total. The molecule has 0 fully saturated rings. The van der Waals surface area contributed by atoms with Crippen molar-refractivity contribution < 1.29 is 4.74 Å². The third kappa shape index (κ3) is 1.31. The predicted molar refractivity (Wildman–Crippen MR) is 49.6 cm³/mol. The molecule has 1 heterocycles. The zero-order valence-electron chi connectivity index (χ0n) is 7.58. The monoisotopic (exact) mass is 162 g/mol. The van der Waals surface area contributed by atoms with Crippen LogP contribution >= 0.6 is 0 Å². The highest BCUT2D eigenvalue weighted by Crippen LogP contribution is 2.29. The van der Waals surface area contributed by atoms with Gasteiger partial charge in [-0.3, -0.25) is 0 Å². The molecule has 64 valence electrons. The first kappa shape index (κ1) is 7.66. The van der Waals surface area contributed by atoms with E-state index in [0.29, 0.717) is 12.0 Å². The van der Waals surface area contributed by atoms with Gasteiger partial charge in [0.05, 0.1) is 0 Å². The van der Waals surface area contributed by atoms with Gasteiger partial charge in [-0.2, -0.15) is 0 Å². The first-order valence-corrected chi connectivity index (χ1v) is 4.52. The number of hydrogen-bond donors (Lipinski definition) is 0. The Bertz CT molecular complexity index is 245. The number of rotatable bonds is 0. The van der Waals surface area contributed by atoms with Gasteiger partial charge in [0.25, 0.3) is 0 Å². The van der Waals surface area contributed by atoms with Crippen LogP contribution in [0.4, 0.5) is 0 Å². The Morgan fingerprint density at radius 1 is 1.25 bits per heavy atom. The summed E-state index contributed by atoms with van der Waals surface area (Å²) >= 11 is 0. The summed E-state index contributed by atoms with van der Waals surface area (Å²) in [7, 11) is 0. The Kier molecular flexibility index (Phi) is 1.80. The minimum Gasteiger partial charge on any atom is -0.490 e. The lowest BCUT2D eigenvalue weighted by Crippen LogP contribution is -1.97. The Labute approximate surface area is 73.4 Å². The fourth-order valence-electron chi connectivity index (χ4n) is 1.61. The third-order valence-electron chi connectivity index (χ3n) is 2.30. The van der Waals surface area contributed by atoms with Crippen LogP contribution in [-0.4, -0.2) is 6.10 Å². The van der Waals surface area contributed by atoms with E-state index in [1.807, 2.05) is 0 Å². The SMILES string of the molecule is CC1C=CC2=C(C=C1)OC(C)C2. The molecule has 0 radical (unpaired) electrons. The van der Waals surface area contributed by atoms with E-state index < -0.39 is 0 Å². The average Bonchev–Trinajstić information content (AvgIpc) is 2.31. The summed E-state index contributed by atoms with van der Waals surface area (Å²) in [5, 5.41) is 0. The highest BCUT2D eigenvalue weighted by molar-refractivity contribution is 5.36. The molecule has 0 aromatic carbocycles. The average molecular weight is 162 g/mol. The summed E-state index contributed by atoms with van der Waals surface area (Å²) in [4.78, 5) is 0. The zero-order chi connectivity index (χ0) is 8.55. The first-order valence-electron chi connectivity index (χ1n) is 4.52. The molecule has 0 aromatic heterocycles. The topological polar surface area (TPSA) is 9.23 Å². The van der Waals surface area contributed by atoms with E-state index >= 15 is 0 Å². The van der Waals surface area contributed by atoms with Crippen LogP contribution in [0.15, 0.2) is 35.6 Å². The van der Waals surface area contributed by atoms with Crippen molar-refractivity contribution in [2.24, 2.45) is 5.92 Å². The van der Waals surface area contributed by atoms with Gasteiger partial charge in [-0.25, -0.2) is 0 Å². The standard InChI is InChI=1S/C11H14O/c1-8-3-5-10-7-9(2)12-11(10)6-4-8/h3-6,8-9H,7H2,1-2H3. The lowest BCUT2D eigenvalue weighted by molar-refractivity contribution is 0.169. The first-order chi connectivity index (χ1) is 5.75. The summed E-state index contributed by atoms with van der Waals surface area (Å²) in [6.45, 7) is 4.29. The second-order valence-electron chi connectivity index (χ2n) is 3.60. The number of ether oxygens (including phenoxy) is 1. The molecule has 12 heavy (non-hydrogen) atoms. The minimum atomic E-state index is 0.359. The van der Waals surface area contributed by atoms with E-state index in [9.17, 15) is 0 Å². The summed E-state index contributed by atoms with van der Waals surface area (Å²) in [5.74, 6) is 1.61. The van der Waals surface area contributed by atoms with Crippen LogP contribution in [0.5, 0.6) is 0 Å². The van der Waals surface area contributed by atoms with Crippen LogP contribution < -0.4 is 0 Å². The molecule has 2 rings (SSSR count). The van der Waals surface area contributed by atoms with Crippen molar-refractivity contribution in [3.63, 3.8) is 0 Å². The largest absolute Gasteiger partial charge is 0.490 e. The normalized spacial score (nSPS) is 33.2. The zero-order valence-corrected chi connectivity index (χ0v) is 7.58. The lowest BCUT2D eigenvalue weighted by atomic mass is 10.1. The highest BCUT2D eigenvalue weighted by Gasteiger charge is 2.19. The molecule has 0 aromatic rings. The Balaban J connectivity index is 2.26. The maximum Gasteiger partial charge on any atom is 0.122 e. The number of hydrogen-bond acceptors (Lipinski definition) is 1. The number of allylic oxidation sites excluding steroid dienone is 4. The van der Waals surface area contributed by atoms with E-state index in [4.69, 9.17) is 4.74 Å². The molecule has 0 spiro atoms. The molecule has 2 aliphatic rings. The maximum absolute atomic E-state index is 5.64. The van der Waals surface area contributed by atoms with Crippen LogP contribution in [-0.2, 0) is 4.74 Å². The van der Waals surface area contributed by atoms with Gasteiger partial charge in [0.15, 0.2) is 0 Å². The molecular weight excluding hydrogens is 148 g/mol. The van der Waals surface area contributed by atoms with E-state index in [1.54, 1.807) is 0 Å². The fourth-order valence-corrected chi connectivity index (χ4v) is 1.61. The molecule has 2 unspecified atom stereocenters. The van der Waals surface area contributed by atoms with Gasteiger partial charge >= 0.3 is 0 Å². The highest BCUT2D eigenvalue weighted by atomic mass is 16.5. The van der Waals surface area contributed by atoms with Crippen molar-refractivity contribution >= 4 is 0 Å². The molecule has 0 N–H and O–H groups in total. The summed E-state index contributed by atoms with van der Waals surface area (Å²) in [6, 6.07) is 0. The van der Waals surface area contributed by atoms with Crippen LogP contribution in [0, 0.1) is 5.92 Å². The van der Waals surface area contributed by atoms with E-state index in [0.717, 1.165) is 12.2 Å². The van der Waals surface area contributed by atoms with Crippen LogP contribution in [0.2, 0.25) is 0 Å². The van der Waals surface area contributed by atoms with Gasteiger partial charge in [-0.05, 0) is 24.5 Å². The van der Waals surface area contributed by atoms with Crippen LogP contribution in [0.1, 0.15) is 20.3 Å². The van der Waals surface area contributed by atoms with Gasteiger partial charge < -0.3 is 4.74 Å². The molecule has 1 heteroatoms. The predicted octanol–water partition coefficient (Wildman–Crippen LogP) is 2.81. The quantitative estimate of drug-likeness (QED) is 0.532. The molecule has 0 bridgehead atoms. The lowest BCUT2D eigenvalue weighted by Gasteiger charge is -2.04. The van der Waals surface area contributed by atoms with E-state index in [1.165, 1.54) is 5.57 Å². The van der Waals surface area contributed by atoms with Gasteiger partial charge in [0, 0.05) is 6.42 Å². The summed E-state index contributed by atoms with van der Waals surface area (Å²) < 4.78 is 5.64. The summed E-state index contributed by atoms with van der Waals surface area (Å²) in [5.41, 5.74) is 1.35. The van der Waals surface area contributed by atoms with Crippen molar-refractivity contribution in [2.45, 2.75) is 26.4 Å². The summed E-state index contributed by atoms with van der Waals surface area (Å²) in [6.07, 6.45) is 10.1. The molecular formula is C11H14O. The Morgan fingerprint density at radius 3 is 2.83 bits per heavy atom. The van der Waals surface area contributed by atoms with Gasteiger partial charge in [0.1, 0.15) is 11.9 Å². The molecule has 1 aliphatic carbocycles. The Hall–Kier alpha value is -0.980. The van der Waals surface area contributed by atoms with Crippen molar-refractivity contribution in [3.05, 3.63) is 35.6 Å². The third-order valence-corrected chi connectivity index (χ3v) is 2.30. The van der Waals surface area contributed by atoms with Crippen molar-refractivity contribution in [1.82, 2.24) is 0 Å². The second kappa shape index (κ2) is 2.81. The van der Waals surface area contributed by atoms with Gasteiger partial charge in [-0.15, -0.1) is 0 Å². The molecule has 0 saturated carbocycles. The van der Waals surface area contributed by atoms with Crippen molar-refractivity contribution in [1.29, 1.82) is 0 Å². The van der Waals surface area contributed by atoms with Crippen molar-refractivity contribution in [3.8, 4) is 0 Å². The van der Waals surface area contributed by atoms with Gasteiger partial charge in [0.2, 0.25) is 0 Å². The van der Waals surface area contributed by atoms with Gasteiger partial charge in [-0.1, -0.05) is 25.2 Å². The molecule has 0 saturated heterocycles. The fraction of sp³-hybridized carbons (Fsp3) is 0.455. The smallest absolute Gasteiger partial charge is 0.122 e. The maximum atomic E-state index is 5.64. The Morgan fingerprint density at radius 2 is 2.00 bits per heavy atom. The minimum absolute atomic E-state index is 0.359. The molecule has 2 atom stereocenters. The second-order valence-corrected chi connectivity index (χ2v) is 3.60. The molecule has 0 amide bonds.